The summed E-state index contributed by atoms with van der Waals surface area (Å²) in [4.78, 5) is 8.33. The number of alkyl halides is 3. The molecule has 0 aliphatic carbocycles. The van der Waals surface area contributed by atoms with Crippen molar-refractivity contribution in [2.24, 2.45) is 0 Å². The van der Waals surface area contributed by atoms with Gasteiger partial charge in [-0.15, -0.1) is 0 Å². The zero-order valence-electron chi connectivity index (χ0n) is 11.0. The number of hydrogen-bond acceptors (Lipinski definition) is 3. The third-order valence-corrected chi connectivity index (χ3v) is 3.74. The fraction of sp³-hybridized carbons (Fsp3) is 0.0667. The molecule has 0 fully saturated rings. The molecule has 0 unspecified atom stereocenters. The summed E-state index contributed by atoms with van der Waals surface area (Å²) >= 11 is 2.18. The van der Waals surface area contributed by atoms with E-state index in [0.717, 1.165) is 26.6 Å². The van der Waals surface area contributed by atoms with Gasteiger partial charge in [0.25, 0.3) is 0 Å². The van der Waals surface area contributed by atoms with Crippen LogP contribution in [0.2, 0.25) is 0 Å². The number of benzene rings is 2. The van der Waals surface area contributed by atoms with Crippen LogP contribution in [0.5, 0.6) is 0 Å². The zero-order valence-corrected chi connectivity index (χ0v) is 13.2. The van der Waals surface area contributed by atoms with Crippen LogP contribution >= 0.6 is 22.6 Å². The molecule has 3 nitrogen and oxygen atoms in total. The Morgan fingerprint density at radius 3 is 2.36 bits per heavy atom. The van der Waals surface area contributed by atoms with Crippen LogP contribution in [-0.4, -0.2) is 9.97 Å². The highest BCUT2D eigenvalue weighted by Crippen LogP contribution is 2.31. The molecule has 1 N–H and O–H groups in total. The minimum absolute atomic E-state index is 0.534. The summed E-state index contributed by atoms with van der Waals surface area (Å²) < 4.78 is 38.7. The first kappa shape index (κ1) is 15.0. The first-order chi connectivity index (χ1) is 10.4. The maximum Gasteiger partial charge on any atom is 0.416 e. The zero-order chi connectivity index (χ0) is 15.7. The van der Waals surface area contributed by atoms with Gasteiger partial charge in [-0.1, -0.05) is 0 Å². The molecule has 1 aromatic heterocycles. The van der Waals surface area contributed by atoms with Gasteiger partial charge in [-0.2, -0.15) is 13.2 Å². The minimum atomic E-state index is -4.34. The van der Waals surface area contributed by atoms with E-state index in [2.05, 4.69) is 37.9 Å². The molecule has 112 valence electrons. The summed E-state index contributed by atoms with van der Waals surface area (Å²) in [6.45, 7) is 0. The van der Waals surface area contributed by atoms with E-state index in [1.165, 1.54) is 18.5 Å². The molecule has 0 bridgehead atoms. The fourth-order valence-electron chi connectivity index (χ4n) is 2.01. The van der Waals surface area contributed by atoms with Gasteiger partial charge >= 0.3 is 6.18 Å². The topological polar surface area (TPSA) is 37.8 Å². The van der Waals surface area contributed by atoms with Gasteiger partial charge in [0, 0.05) is 14.6 Å². The first-order valence-corrected chi connectivity index (χ1v) is 7.36. The molecule has 0 amide bonds. The van der Waals surface area contributed by atoms with Crippen molar-refractivity contribution in [1.82, 2.24) is 9.97 Å². The van der Waals surface area contributed by atoms with Gasteiger partial charge in [-0.25, -0.2) is 9.97 Å². The van der Waals surface area contributed by atoms with E-state index in [1.807, 2.05) is 18.2 Å². The Hall–Kier alpha value is -1.90. The van der Waals surface area contributed by atoms with Gasteiger partial charge in [0.15, 0.2) is 0 Å². The van der Waals surface area contributed by atoms with Gasteiger partial charge in [0.1, 0.15) is 12.1 Å². The Labute approximate surface area is 137 Å². The van der Waals surface area contributed by atoms with Gasteiger partial charge in [0.2, 0.25) is 0 Å². The van der Waals surface area contributed by atoms with E-state index < -0.39 is 11.7 Å². The Morgan fingerprint density at radius 2 is 1.68 bits per heavy atom. The minimum Gasteiger partial charge on any atom is -0.340 e. The van der Waals surface area contributed by atoms with E-state index >= 15 is 0 Å². The Balaban J connectivity index is 1.95. The summed E-state index contributed by atoms with van der Waals surface area (Å²) in [5.41, 5.74) is 0.622. The largest absolute Gasteiger partial charge is 0.416 e. The highest BCUT2D eigenvalue weighted by Gasteiger charge is 2.29. The van der Waals surface area contributed by atoms with Crippen molar-refractivity contribution in [2.45, 2.75) is 6.18 Å². The quantitative estimate of drug-likeness (QED) is 0.599. The maximum absolute atomic E-state index is 12.6. The molecule has 7 heteroatoms. The van der Waals surface area contributed by atoms with Crippen molar-refractivity contribution in [3.8, 4) is 0 Å². The lowest BCUT2D eigenvalue weighted by Crippen LogP contribution is -2.04. The Kier molecular flexibility index (Phi) is 3.90. The normalized spacial score (nSPS) is 11.6. The molecule has 0 saturated carbocycles. The molecule has 0 aliphatic heterocycles. The summed E-state index contributed by atoms with van der Waals surface area (Å²) in [5.74, 6) is 0.559. The molecule has 3 rings (SSSR count). The molecule has 0 radical (unpaired) electrons. The van der Waals surface area contributed by atoms with Crippen molar-refractivity contribution < 1.29 is 13.2 Å². The molecule has 0 atom stereocenters. The van der Waals surface area contributed by atoms with Crippen molar-refractivity contribution in [3.63, 3.8) is 0 Å². The van der Waals surface area contributed by atoms with Crippen molar-refractivity contribution in [1.29, 1.82) is 0 Å². The molecule has 3 aromatic rings. The van der Waals surface area contributed by atoms with Crippen molar-refractivity contribution >= 4 is 45.0 Å². The predicted octanol–water partition coefficient (Wildman–Crippen LogP) is 5.00. The van der Waals surface area contributed by atoms with E-state index in [4.69, 9.17) is 0 Å². The molecule has 22 heavy (non-hydrogen) atoms. The van der Waals surface area contributed by atoms with Crippen LogP contribution in [0.1, 0.15) is 5.56 Å². The summed E-state index contributed by atoms with van der Waals surface area (Å²) in [6, 6.07) is 10.6. The first-order valence-electron chi connectivity index (χ1n) is 6.28. The number of hydrogen-bond donors (Lipinski definition) is 1. The second-order valence-electron chi connectivity index (χ2n) is 4.58. The summed E-state index contributed by atoms with van der Waals surface area (Å²) in [5, 5.41) is 3.85. The molecular formula is C15H9F3IN3. The van der Waals surface area contributed by atoms with Crippen molar-refractivity contribution in [2.75, 3.05) is 5.32 Å². The van der Waals surface area contributed by atoms with Crippen LogP contribution in [0, 0.1) is 3.57 Å². The average Bonchev–Trinajstić information content (AvgIpc) is 2.47. The number of aromatic nitrogens is 2. The van der Waals surface area contributed by atoms with Crippen LogP contribution in [0.3, 0.4) is 0 Å². The third kappa shape index (κ3) is 3.13. The second kappa shape index (κ2) is 5.71. The molecular weight excluding hydrogens is 406 g/mol. The summed E-state index contributed by atoms with van der Waals surface area (Å²) in [7, 11) is 0. The van der Waals surface area contributed by atoms with Gasteiger partial charge in [-0.3, -0.25) is 0 Å². The number of halogens is 4. The second-order valence-corrected chi connectivity index (χ2v) is 5.83. The standard InChI is InChI=1S/C15H9F3IN3/c16-15(17,18)9-1-4-11(5-2-9)22-14-12-7-10(19)3-6-13(12)20-8-21-14/h1-8H,(H,20,21,22). The number of nitrogens with zero attached hydrogens (tertiary/aromatic N) is 2. The molecule has 1 heterocycles. The number of fused-ring (bicyclic) bond motifs is 1. The third-order valence-electron chi connectivity index (χ3n) is 3.07. The van der Waals surface area contributed by atoms with Crippen LogP contribution in [0.25, 0.3) is 10.9 Å². The van der Waals surface area contributed by atoms with Crippen LogP contribution in [0.4, 0.5) is 24.7 Å². The van der Waals surface area contributed by atoms with E-state index in [1.54, 1.807) is 0 Å². The SMILES string of the molecule is FC(F)(F)c1ccc(Nc2ncnc3ccc(I)cc23)cc1. The molecule has 0 spiro atoms. The van der Waals surface area contributed by atoms with Crippen LogP contribution in [-0.2, 0) is 6.18 Å². The van der Waals surface area contributed by atoms with Gasteiger partial charge in [0.05, 0.1) is 11.1 Å². The average molecular weight is 415 g/mol. The smallest absolute Gasteiger partial charge is 0.340 e. The van der Waals surface area contributed by atoms with E-state index in [0.29, 0.717) is 11.5 Å². The monoisotopic (exact) mass is 415 g/mol. The highest BCUT2D eigenvalue weighted by atomic mass is 127. The lowest BCUT2D eigenvalue weighted by Gasteiger charge is -2.10. The van der Waals surface area contributed by atoms with Crippen LogP contribution < -0.4 is 5.32 Å². The van der Waals surface area contributed by atoms with Gasteiger partial charge < -0.3 is 5.32 Å². The molecule has 2 aromatic carbocycles. The van der Waals surface area contributed by atoms with E-state index in [9.17, 15) is 13.2 Å². The number of rotatable bonds is 2. The summed E-state index contributed by atoms with van der Waals surface area (Å²) in [6.07, 6.45) is -2.92. The highest BCUT2D eigenvalue weighted by molar-refractivity contribution is 14.1. The Bertz CT molecular complexity index is 816. The van der Waals surface area contributed by atoms with Crippen LogP contribution in [0.15, 0.2) is 48.8 Å². The van der Waals surface area contributed by atoms with Gasteiger partial charge in [-0.05, 0) is 65.1 Å². The Morgan fingerprint density at radius 1 is 0.955 bits per heavy atom. The number of nitrogens with one attached hydrogen (secondary N) is 1. The fourth-order valence-corrected chi connectivity index (χ4v) is 2.50. The maximum atomic E-state index is 12.6. The molecule has 0 saturated heterocycles. The lowest BCUT2D eigenvalue weighted by atomic mass is 10.2. The predicted molar refractivity (Wildman–Crippen MR) is 87.0 cm³/mol. The van der Waals surface area contributed by atoms with E-state index in [-0.39, 0.29) is 0 Å². The molecule has 0 aliphatic rings. The van der Waals surface area contributed by atoms with Crippen molar-refractivity contribution in [3.05, 3.63) is 57.9 Å². The number of anilines is 2. The lowest BCUT2D eigenvalue weighted by molar-refractivity contribution is -0.137.